The van der Waals surface area contributed by atoms with Crippen LogP contribution in [0.15, 0.2) is 29.4 Å². The standard InChI is InChI=1S/C18H21FN4O2S/c19-13-5-7-14(8-6-13)20-16(24)11-26-18-22-21-17(12-3-4-12)23(18)10-15-2-1-9-25-15/h5-8,12,15H,1-4,9-11H2,(H,20,24)/t15-/m0/s1. The quantitative estimate of drug-likeness (QED) is 0.752. The van der Waals surface area contributed by atoms with E-state index < -0.39 is 0 Å². The highest BCUT2D eigenvalue weighted by molar-refractivity contribution is 7.99. The number of rotatable bonds is 7. The van der Waals surface area contributed by atoms with Crippen molar-refractivity contribution in [2.45, 2.75) is 49.4 Å². The highest BCUT2D eigenvalue weighted by Crippen LogP contribution is 2.40. The average molecular weight is 376 g/mol. The fourth-order valence-corrected chi connectivity index (χ4v) is 3.83. The summed E-state index contributed by atoms with van der Waals surface area (Å²) < 4.78 is 20.8. The topological polar surface area (TPSA) is 69.0 Å². The molecule has 6 nitrogen and oxygen atoms in total. The molecular formula is C18H21FN4O2S. The first kappa shape index (κ1) is 17.5. The molecule has 1 amide bonds. The van der Waals surface area contributed by atoms with Gasteiger partial charge in [-0.05, 0) is 49.9 Å². The third-order valence-electron chi connectivity index (χ3n) is 4.56. The van der Waals surface area contributed by atoms with Gasteiger partial charge in [0.05, 0.1) is 18.4 Å². The van der Waals surface area contributed by atoms with Crippen molar-refractivity contribution in [3.8, 4) is 0 Å². The number of ether oxygens (including phenoxy) is 1. The van der Waals surface area contributed by atoms with Crippen LogP contribution in [-0.2, 0) is 16.1 Å². The predicted octanol–water partition coefficient (Wildman–Crippen LogP) is 3.20. The Morgan fingerprint density at radius 3 is 2.77 bits per heavy atom. The van der Waals surface area contributed by atoms with Crippen LogP contribution < -0.4 is 5.32 Å². The molecule has 1 aliphatic heterocycles. The molecule has 2 heterocycles. The molecule has 1 saturated heterocycles. The molecule has 0 unspecified atom stereocenters. The molecule has 8 heteroatoms. The van der Waals surface area contributed by atoms with Crippen molar-refractivity contribution in [1.29, 1.82) is 0 Å². The maximum absolute atomic E-state index is 12.9. The maximum Gasteiger partial charge on any atom is 0.234 e. The van der Waals surface area contributed by atoms with Crippen molar-refractivity contribution in [1.82, 2.24) is 14.8 Å². The van der Waals surface area contributed by atoms with Gasteiger partial charge in [-0.2, -0.15) is 0 Å². The van der Waals surface area contributed by atoms with Crippen molar-refractivity contribution in [2.75, 3.05) is 17.7 Å². The van der Waals surface area contributed by atoms with Gasteiger partial charge >= 0.3 is 0 Å². The van der Waals surface area contributed by atoms with Gasteiger partial charge in [0.2, 0.25) is 5.91 Å². The molecule has 0 spiro atoms. The van der Waals surface area contributed by atoms with E-state index in [1.54, 1.807) is 12.1 Å². The van der Waals surface area contributed by atoms with Gasteiger partial charge in [-0.1, -0.05) is 11.8 Å². The number of halogens is 1. The first-order chi connectivity index (χ1) is 12.7. The number of carbonyl (C=O) groups excluding carboxylic acids is 1. The Labute approximate surface area is 155 Å². The van der Waals surface area contributed by atoms with E-state index in [4.69, 9.17) is 4.74 Å². The Morgan fingerprint density at radius 2 is 2.08 bits per heavy atom. The van der Waals surface area contributed by atoms with E-state index in [2.05, 4.69) is 20.1 Å². The monoisotopic (exact) mass is 376 g/mol. The fourth-order valence-electron chi connectivity index (χ4n) is 3.07. The molecule has 1 aliphatic carbocycles. The SMILES string of the molecule is O=C(CSc1nnc(C2CC2)n1C[C@@H]1CCCO1)Nc1ccc(F)cc1. The summed E-state index contributed by atoms with van der Waals surface area (Å²) in [4.78, 5) is 12.2. The largest absolute Gasteiger partial charge is 0.376 e. The lowest BCUT2D eigenvalue weighted by molar-refractivity contribution is -0.113. The molecular weight excluding hydrogens is 355 g/mol. The van der Waals surface area contributed by atoms with Crippen LogP contribution in [-0.4, -0.2) is 39.1 Å². The normalized spacial score (nSPS) is 19.7. The molecule has 26 heavy (non-hydrogen) atoms. The minimum absolute atomic E-state index is 0.152. The van der Waals surface area contributed by atoms with E-state index in [9.17, 15) is 9.18 Å². The van der Waals surface area contributed by atoms with Crippen LogP contribution in [0, 0.1) is 5.82 Å². The number of hydrogen-bond acceptors (Lipinski definition) is 5. The Bertz CT molecular complexity index is 770. The molecule has 2 aromatic rings. The molecule has 1 N–H and O–H groups in total. The Morgan fingerprint density at radius 1 is 1.27 bits per heavy atom. The third kappa shape index (κ3) is 4.24. The predicted molar refractivity (Wildman–Crippen MR) is 96.7 cm³/mol. The maximum atomic E-state index is 12.9. The van der Waals surface area contributed by atoms with Gasteiger partial charge in [0.1, 0.15) is 11.6 Å². The Balaban J connectivity index is 1.39. The molecule has 0 bridgehead atoms. The van der Waals surface area contributed by atoms with E-state index in [1.165, 1.54) is 23.9 Å². The summed E-state index contributed by atoms with van der Waals surface area (Å²) in [5.74, 6) is 1.26. The first-order valence-corrected chi connectivity index (χ1v) is 9.90. The van der Waals surface area contributed by atoms with Crippen LogP contribution in [0.5, 0.6) is 0 Å². The summed E-state index contributed by atoms with van der Waals surface area (Å²) in [6, 6.07) is 5.73. The van der Waals surface area contributed by atoms with Gasteiger partial charge in [0, 0.05) is 18.2 Å². The second-order valence-corrected chi connectivity index (χ2v) is 7.65. The lowest BCUT2D eigenvalue weighted by Crippen LogP contribution is -2.19. The van der Waals surface area contributed by atoms with Crippen LogP contribution >= 0.6 is 11.8 Å². The highest BCUT2D eigenvalue weighted by atomic mass is 32.2. The van der Waals surface area contributed by atoms with Crippen molar-refractivity contribution in [2.24, 2.45) is 0 Å². The van der Waals surface area contributed by atoms with Gasteiger partial charge in [0.25, 0.3) is 0 Å². The lowest BCUT2D eigenvalue weighted by atomic mass is 10.2. The lowest BCUT2D eigenvalue weighted by Gasteiger charge is -2.14. The summed E-state index contributed by atoms with van der Waals surface area (Å²) in [6.45, 7) is 1.56. The minimum Gasteiger partial charge on any atom is -0.376 e. The Kier molecular flexibility index (Phi) is 5.21. The second-order valence-electron chi connectivity index (χ2n) is 6.70. The molecule has 2 fully saturated rings. The highest BCUT2D eigenvalue weighted by Gasteiger charge is 2.31. The number of thioether (sulfide) groups is 1. The minimum atomic E-state index is -0.327. The van der Waals surface area contributed by atoms with Crippen LogP contribution in [0.25, 0.3) is 0 Å². The van der Waals surface area contributed by atoms with Crippen molar-refractivity contribution in [3.63, 3.8) is 0 Å². The fraction of sp³-hybridized carbons (Fsp3) is 0.500. The molecule has 4 rings (SSSR count). The van der Waals surface area contributed by atoms with Gasteiger partial charge in [-0.25, -0.2) is 4.39 Å². The van der Waals surface area contributed by atoms with E-state index in [0.29, 0.717) is 11.6 Å². The number of amides is 1. The molecule has 0 radical (unpaired) electrons. The average Bonchev–Trinajstić information content (AvgIpc) is 3.20. The molecule has 1 aromatic heterocycles. The number of hydrogen-bond donors (Lipinski definition) is 1. The van der Waals surface area contributed by atoms with Crippen LogP contribution in [0.2, 0.25) is 0 Å². The van der Waals surface area contributed by atoms with Gasteiger partial charge in [0.15, 0.2) is 5.16 Å². The first-order valence-electron chi connectivity index (χ1n) is 8.92. The van der Waals surface area contributed by atoms with E-state index in [-0.39, 0.29) is 23.6 Å². The van der Waals surface area contributed by atoms with Gasteiger partial charge in [-0.3, -0.25) is 4.79 Å². The molecule has 138 valence electrons. The van der Waals surface area contributed by atoms with Crippen molar-refractivity contribution >= 4 is 23.4 Å². The summed E-state index contributed by atoms with van der Waals surface area (Å²) in [5.41, 5.74) is 0.580. The Hall–Kier alpha value is -1.93. The van der Waals surface area contributed by atoms with Crippen molar-refractivity contribution < 1.29 is 13.9 Å². The summed E-state index contributed by atoms with van der Waals surface area (Å²) in [6.07, 6.45) is 4.65. The van der Waals surface area contributed by atoms with Gasteiger partial charge in [-0.15, -0.1) is 10.2 Å². The smallest absolute Gasteiger partial charge is 0.234 e. The summed E-state index contributed by atoms with van der Waals surface area (Å²) >= 11 is 1.37. The molecule has 1 saturated carbocycles. The van der Waals surface area contributed by atoms with Crippen molar-refractivity contribution in [3.05, 3.63) is 35.9 Å². The number of nitrogens with zero attached hydrogens (tertiary/aromatic N) is 3. The zero-order valence-corrected chi connectivity index (χ0v) is 15.2. The van der Waals surface area contributed by atoms with Gasteiger partial charge < -0.3 is 14.6 Å². The number of carbonyl (C=O) groups is 1. The van der Waals surface area contributed by atoms with E-state index >= 15 is 0 Å². The summed E-state index contributed by atoms with van der Waals surface area (Å²) in [7, 11) is 0. The van der Waals surface area contributed by atoms with E-state index in [0.717, 1.165) is 49.8 Å². The zero-order chi connectivity index (χ0) is 17.9. The van der Waals surface area contributed by atoms with Crippen LogP contribution in [0.1, 0.15) is 37.4 Å². The molecule has 1 aromatic carbocycles. The second kappa shape index (κ2) is 7.75. The number of nitrogens with one attached hydrogen (secondary N) is 1. The number of aromatic nitrogens is 3. The third-order valence-corrected chi connectivity index (χ3v) is 5.53. The molecule has 1 atom stereocenters. The summed E-state index contributed by atoms with van der Waals surface area (Å²) in [5, 5.41) is 12.2. The van der Waals surface area contributed by atoms with Crippen LogP contribution in [0.4, 0.5) is 10.1 Å². The number of anilines is 1. The number of benzene rings is 1. The van der Waals surface area contributed by atoms with Crippen LogP contribution in [0.3, 0.4) is 0 Å². The zero-order valence-electron chi connectivity index (χ0n) is 14.4. The van der Waals surface area contributed by atoms with E-state index in [1.807, 2.05) is 0 Å². The molecule has 2 aliphatic rings.